The number of aromatic amines is 1. The lowest BCUT2D eigenvalue weighted by molar-refractivity contribution is -0.117. The van der Waals surface area contributed by atoms with Gasteiger partial charge in [0.05, 0.1) is 24.6 Å². The van der Waals surface area contributed by atoms with Gasteiger partial charge >= 0.3 is 5.76 Å². The highest BCUT2D eigenvalue weighted by molar-refractivity contribution is 7.85. The van der Waals surface area contributed by atoms with E-state index in [1.165, 1.54) is 13.2 Å². The van der Waals surface area contributed by atoms with Gasteiger partial charge in [-0.25, -0.2) is 9.19 Å². The minimum absolute atomic E-state index is 0.0309. The van der Waals surface area contributed by atoms with Gasteiger partial charge in [0.1, 0.15) is 16.5 Å². The maximum atomic E-state index is 12.8. The van der Waals surface area contributed by atoms with E-state index >= 15 is 0 Å². The van der Waals surface area contributed by atoms with Crippen molar-refractivity contribution in [1.82, 2.24) is 15.2 Å². The summed E-state index contributed by atoms with van der Waals surface area (Å²) in [7, 11) is 0.457. The number of alkyl halides is 2. The molecule has 3 atom stereocenters. The summed E-state index contributed by atoms with van der Waals surface area (Å²) in [6.45, 7) is 0. The van der Waals surface area contributed by atoms with Gasteiger partial charge in [-0.15, -0.1) is 0 Å². The van der Waals surface area contributed by atoms with E-state index in [0.717, 1.165) is 34.8 Å². The summed E-state index contributed by atoms with van der Waals surface area (Å²) >= 11 is 0. The highest BCUT2D eigenvalue weighted by atomic mass is 32.2. The summed E-state index contributed by atoms with van der Waals surface area (Å²) in [4.78, 5) is 16.7. The molecule has 0 aliphatic heterocycles. The minimum Gasteiger partial charge on any atom is -0.497 e. The van der Waals surface area contributed by atoms with Gasteiger partial charge in [0, 0.05) is 29.3 Å². The molecule has 3 N–H and O–H groups in total. The van der Waals surface area contributed by atoms with E-state index in [1.54, 1.807) is 31.4 Å². The van der Waals surface area contributed by atoms with E-state index in [2.05, 4.69) is 25.8 Å². The molecule has 0 saturated heterocycles. The average Bonchev–Trinajstić information content (AvgIpc) is 3.63. The zero-order valence-corrected chi connectivity index (χ0v) is 20.6. The number of hydrogen-bond acceptors (Lipinski definition) is 7. The Bertz CT molecular complexity index is 1480. The van der Waals surface area contributed by atoms with Crippen LogP contribution in [0.5, 0.6) is 11.5 Å². The first kappa shape index (κ1) is 24.6. The summed E-state index contributed by atoms with van der Waals surface area (Å²) in [6, 6.07) is 14.2. The predicted molar refractivity (Wildman–Crippen MR) is 135 cm³/mol. The number of fused-ring (bicyclic) bond motifs is 1. The number of aromatic nitrogens is 3. The molecule has 0 bridgehead atoms. The maximum Gasteiger partial charge on any atom is 0.316 e. The van der Waals surface area contributed by atoms with Gasteiger partial charge in [-0.1, -0.05) is 6.07 Å². The molecule has 0 spiro atoms. The van der Waals surface area contributed by atoms with Crippen LogP contribution in [0.4, 0.5) is 26.1 Å². The first-order valence-electron chi connectivity index (χ1n) is 11.3. The molecule has 2 aromatic heterocycles. The number of nitrogens with one attached hydrogen (secondary N) is 3. The molecule has 2 heterocycles. The number of halogens is 2. The van der Waals surface area contributed by atoms with E-state index in [9.17, 15) is 17.8 Å². The maximum absolute atomic E-state index is 12.8. The molecule has 37 heavy (non-hydrogen) atoms. The number of amides is 1. The van der Waals surface area contributed by atoms with Crippen molar-refractivity contribution in [2.75, 3.05) is 24.9 Å². The third kappa shape index (κ3) is 5.10. The van der Waals surface area contributed by atoms with E-state index in [-0.39, 0.29) is 34.2 Å². The Hall–Kier alpha value is -4.06. The molecule has 0 radical (unpaired) electrons. The van der Waals surface area contributed by atoms with Crippen LogP contribution in [-0.4, -0.2) is 45.3 Å². The number of ether oxygens (including phenoxy) is 2. The summed E-state index contributed by atoms with van der Waals surface area (Å²) in [5.74, 6) is -1.49. The van der Waals surface area contributed by atoms with Crippen LogP contribution < -0.4 is 20.1 Å². The number of H-pyrrole nitrogens is 1. The molecule has 12 heteroatoms. The van der Waals surface area contributed by atoms with Crippen molar-refractivity contribution in [2.45, 2.75) is 23.0 Å². The number of nitrogens with zero attached hydrogens (tertiary/aromatic N) is 2. The van der Waals surface area contributed by atoms with Crippen molar-refractivity contribution in [3.8, 4) is 11.5 Å². The zero-order chi connectivity index (χ0) is 26.1. The number of rotatable bonds is 9. The molecule has 2 aromatic carbocycles. The van der Waals surface area contributed by atoms with Crippen LogP contribution in [0.3, 0.4) is 0 Å². The van der Waals surface area contributed by atoms with E-state index in [1.807, 2.05) is 18.2 Å². The summed E-state index contributed by atoms with van der Waals surface area (Å²) < 4.78 is 47.6. The van der Waals surface area contributed by atoms with Crippen LogP contribution in [-0.2, 0) is 15.6 Å². The normalized spacial score (nSPS) is 17.4. The van der Waals surface area contributed by atoms with E-state index < -0.39 is 16.6 Å². The van der Waals surface area contributed by atoms with Crippen molar-refractivity contribution in [1.29, 1.82) is 0 Å². The molecule has 1 saturated carbocycles. The van der Waals surface area contributed by atoms with Gasteiger partial charge in [-0.3, -0.25) is 9.89 Å². The second-order valence-corrected chi connectivity index (χ2v) is 9.87. The molecule has 1 amide bonds. The largest absolute Gasteiger partial charge is 0.497 e. The van der Waals surface area contributed by atoms with Gasteiger partial charge in [-0.05, 0) is 54.3 Å². The lowest BCUT2D eigenvalue weighted by Gasteiger charge is -2.10. The van der Waals surface area contributed by atoms with Crippen molar-refractivity contribution >= 4 is 44.9 Å². The average molecular weight is 528 g/mol. The highest BCUT2D eigenvalue weighted by Crippen LogP contribution is 2.48. The van der Waals surface area contributed by atoms with Crippen LogP contribution in [0.2, 0.25) is 0 Å². The Morgan fingerprint density at radius 1 is 1.11 bits per heavy atom. The molecule has 1 fully saturated rings. The summed E-state index contributed by atoms with van der Waals surface area (Å²) in [6.07, 6.45) is 1.87. The van der Waals surface area contributed by atoms with Gasteiger partial charge in [0.2, 0.25) is 5.91 Å². The number of carbonyl (C=O) groups excluding carboxylic acids is 1. The lowest BCUT2D eigenvalue weighted by Crippen LogP contribution is -2.14. The van der Waals surface area contributed by atoms with Crippen molar-refractivity contribution in [2.24, 2.45) is 5.92 Å². The Labute approximate surface area is 213 Å². The smallest absolute Gasteiger partial charge is 0.316 e. The van der Waals surface area contributed by atoms with Gasteiger partial charge in [0.25, 0.3) is 0 Å². The van der Waals surface area contributed by atoms with Crippen molar-refractivity contribution < 1.29 is 27.3 Å². The summed E-state index contributed by atoms with van der Waals surface area (Å²) in [5.41, 5.74) is 2.50. The third-order valence-corrected chi connectivity index (χ3v) is 7.19. The lowest BCUT2D eigenvalue weighted by atomic mass is 10.1. The van der Waals surface area contributed by atoms with Crippen LogP contribution >= 0.6 is 0 Å². The zero-order valence-electron chi connectivity index (χ0n) is 19.8. The van der Waals surface area contributed by atoms with Crippen LogP contribution in [0.15, 0.2) is 59.6 Å². The van der Waals surface area contributed by atoms with Crippen LogP contribution in [0.25, 0.3) is 10.9 Å². The Morgan fingerprint density at radius 3 is 2.59 bits per heavy atom. The number of hydrogen-bond donors (Lipinski definition) is 3. The SMILES string of the molecule is COc1ccc(NC(=O)C2C[C@H]2c2ccc3c(Nc4ncc(S(=O)C(F)F)cc4OC)n[nH]c3c2)cc1. The van der Waals surface area contributed by atoms with Crippen LogP contribution in [0, 0.1) is 5.92 Å². The standard InChI is InChI=1S/C25H23F2N5O4S/c1-35-15-6-4-14(5-7-15)29-24(33)19-11-18(19)13-3-8-17-20(9-13)31-32-22(17)30-23-21(36-2)10-16(12-28-23)37(34)25(26)27/h3-10,12,18-19,25H,11H2,1-2H3,(H,29,33)(H2,28,30,31,32)/t18-,19?,37?/m0/s1. The number of carbonyl (C=O) groups is 1. The van der Waals surface area contributed by atoms with Crippen molar-refractivity contribution in [3.05, 3.63) is 60.3 Å². The number of benzene rings is 2. The molecule has 4 aromatic rings. The molecule has 1 aliphatic carbocycles. The molecule has 5 rings (SSSR count). The molecular weight excluding hydrogens is 504 g/mol. The molecule has 192 valence electrons. The van der Waals surface area contributed by atoms with Gasteiger partial charge in [0.15, 0.2) is 17.4 Å². The van der Waals surface area contributed by atoms with Crippen LogP contribution in [0.1, 0.15) is 17.9 Å². The molecular formula is C25H23F2N5O4S. The molecule has 2 unspecified atom stereocenters. The minimum atomic E-state index is -3.02. The fourth-order valence-corrected chi connectivity index (χ4v) is 4.71. The fraction of sp³-hybridized carbons (Fsp3) is 0.240. The number of pyridine rings is 1. The fourth-order valence-electron chi connectivity index (χ4n) is 4.13. The predicted octanol–water partition coefficient (Wildman–Crippen LogP) is 4.79. The van der Waals surface area contributed by atoms with Crippen molar-refractivity contribution in [3.63, 3.8) is 0 Å². The molecule has 9 nitrogen and oxygen atoms in total. The first-order chi connectivity index (χ1) is 17.9. The van der Waals surface area contributed by atoms with Gasteiger partial charge in [-0.2, -0.15) is 13.9 Å². The Morgan fingerprint density at radius 2 is 1.89 bits per heavy atom. The third-order valence-electron chi connectivity index (χ3n) is 6.18. The second kappa shape index (κ2) is 10.1. The Kier molecular flexibility index (Phi) is 6.74. The van der Waals surface area contributed by atoms with E-state index in [0.29, 0.717) is 11.5 Å². The second-order valence-electron chi connectivity index (χ2n) is 8.45. The summed E-state index contributed by atoms with van der Waals surface area (Å²) in [5, 5.41) is 14.0. The highest BCUT2D eigenvalue weighted by Gasteiger charge is 2.44. The number of methoxy groups -OCH3 is 2. The monoisotopic (exact) mass is 527 g/mol. The van der Waals surface area contributed by atoms with Gasteiger partial charge < -0.3 is 20.1 Å². The topological polar surface area (TPSA) is 118 Å². The molecule has 1 aliphatic rings. The first-order valence-corrected chi connectivity index (χ1v) is 12.5. The van der Waals surface area contributed by atoms with E-state index in [4.69, 9.17) is 9.47 Å². The number of anilines is 3. The Balaban J connectivity index is 1.28. The quantitative estimate of drug-likeness (QED) is 0.286.